The Kier molecular flexibility index (Phi) is 7.04. The molecule has 0 radical (unpaired) electrons. The Morgan fingerprint density at radius 2 is 1.96 bits per heavy atom. The second kappa shape index (κ2) is 9.25. The van der Waals surface area contributed by atoms with Crippen molar-refractivity contribution >= 4 is 17.9 Å². The lowest BCUT2D eigenvalue weighted by atomic mass is 9.87. The summed E-state index contributed by atoms with van der Waals surface area (Å²) in [5, 5.41) is 5.76. The van der Waals surface area contributed by atoms with Gasteiger partial charge in [0.25, 0.3) is 0 Å². The van der Waals surface area contributed by atoms with Crippen molar-refractivity contribution in [2.75, 3.05) is 7.11 Å². The third-order valence-corrected chi connectivity index (χ3v) is 4.58. The van der Waals surface area contributed by atoms with Crippen molar-refractivity contribution in [2.24, 2.45) is 5.92 Å². The van der Waals surface area contributed by atoms with Crippen LogP contribution >= 0.6 is 0 Å². The minimum atomic E-state index is -0.551. The molecular weight excluding hydrogens is 316 g/mol. The first-order valence-corrected chi connectivity index (χ1v) is 8.91. The summed E-state index contributed by atoms with van der Waals surface area (Å²) in [6.07, 6.45) is 7.57. The molecule has 0 aromatic heterocycles. The molecule has 1 saturated carbocycles. The van der Waals surface area contributed by atoms with Gasteiger partial charge in [-0.1, -0.05) is 31.9 Å². The minimum absolute atomic E-state index is 0.120. The molecule has 2 N–H and O–H groups in total. The van der Waals surface area contributed by atoms with Gasteiger partial charge in [0.2, 0.25) is 11.8 Å². The molecule has 1 aromatic rings. The third kappa shape index (κ3) is 6.25. The Bertz CT molecular complexity index is 610. The molecule has 5 heteroatoms. The number of benzene rings is 1. The topological polar surface area (TPSA) is 67.4 Å². The number of methoxy groups -OCH3 is 1. The van der Waals surface area contributed by atoms with Crippen LogP contribution in [-0.4, -0.2) is 31.0 Å². The maximum Gasteiger partial charge on any atom is 0.244 e. The molecule has 0 heterocycles. The van der Waals surface area contributed by atoms with E-state index in [0.717, 1.165) is 30.6 Å². The summed E-state index contributed by atoms with van der Waals surface area (Å²) in [7, 11) is 1.61. The first kappa shape index (κ1) is 19.0. The SMILES string of the molecule is COc1ccc(C=CC(=O)NC(C)C(=O)NC2CCCC(C)C2)cc1. The lowest BCUT2D eigenvalue weighted by Crippen LogP contribution is -2.48. The van der Waals surface area contributed by atoms with Crippen molar-refractivity contribution in [1.82, 2.24) is 10.6 Å². The van der Waals surface area contributed by atoms with Gasteiger partial charge in [-0.3, -0.25) is 9.59 Å². The number of carbonyl (C=O) groups excluding carboxylic acids is 2. The fraction of sp³-hybridized carbons (Fsp3) is 0.500. The molecule has 25 heavy (non-hydrogen) atoms. The van der Waals surface area contributed by atoms with E-state index in [1.165, 1.54) is 12.5 Å². The van der Waals surface area contributed by atoms with Gasteiger partial charge >= 0.3 is 0 Å². The lowest BCUT2D eigenvalue weighted by molar-refractivity contribution is -0.127. The largest absolute Gasteiger partial charge is 0.497 e. The van der Waals surface area contributed by atoms with E-state index in [2.05, 4.69) is 17.6 Å². The van der Waals surface area contributed by atoms with Crippen molar-refractivity contribution in [1.29, 1.82) is 0 Å². The molecule has 0 bridgehead atoms. The predicted octanol–water partition coefficient (Wildman–Crippen LogP) is 2.91. The van der Waals surface area contributed by atoms with E-state index >= 15 is 0 Å². The van der Waals surface area contributed by atoms with Gasteiger partial charge in [0.05, 0.1) is 7.11 Å². The maximum absolute atomic E-state index is 12.2. The van der Waals surface area contributed by atoms with Crippen LogP contribution in [0.25, 0.3) is 6.08 Å². The van der Waals surface area contributed by atoms with Crippen LogP contribution in [0.1, 0.15) is 45.1 Å². The quantitative estimate of drug-likeness (QED) is 0.780. The molecule has 136 valence electrons. The van der Waals surface area contributed by atoms with E-state index < -0.39 is 6.04 Å². The first-order valence-electron chi connectivity index (χ1n) is 8.91. The smallest absolute Gasteiger partial charge is 0.244 e. The highest BCUT2D eigenvalue weighted by atomic mass is 16.5. The summed E-state index contributed by atoms with van der Waals surface area (Å²) in [6.45, 7) is 3.92. The number of hydrogen-bond acceptors (Lipinski definition) is 3. The molecule has 1 aromatic carbocycles. The van der Waals surface area contributed by atoms with Crippen molar-refractivity contribution in [2.45, 2.75) is 51.6 Å². The molecule has 2 amide bonds. The van der Waals surface area contributed by atoms with Gasteiger partial charge in [0, 0.05) is 12.1 Å². The number of nitrogens with one attached hydrogen (secondary N) is 2. The van der Waals surface area contributed by atoms with Gasteiger partial charge < -0.3 is 15.4 Å². The van der Waals surface area contributed by atoms with Crippen molar-refractivity contribution in [3.63, 3.8) is 0 Å². The van der Waals surface area contributed by atoms with Gasteiger partial charge in [-0.05, 0) is 49.5 Å². The highest BCUT2D eigenvalue weighted by Gasteiger charge is 2.23. The van der Waals surface area contributed by atoms with Crippen LogP contribution in [-0.2, 0) is 9.59 Å². The van der Waals surface area contributed by atoms with E-state index in [1.807, 2.05) is 24.3 Å². The standard InChI is InChI=1S/C20H28N2O3/c1-14-5-4-6-17(13-14)22-20(24)15(2)21-19(23)12-9-16-7-10-18(25-3)11-8-16/h7-12,14-15,17H,4-6,13H2,1-3H3,(H,21,23)(H,22,24). The summed E-state index contributed by atoms with van der Waals surface area (Å²) in [6, 6.07) is 7.07. The van der Waals surface area contributed by atoms with Gasteiger partial charge in [-0.15, -0.1) is 0 Å². The summed E-state index contributed by atoms with van der Waals surface area (Å²) < 4.78 is 5.09. The van der Waals surface area contributed by atoms with E-state index in [-0.39, 0.29) is 17.9 Å². The van der Waals surface area contributed by atoms with E-state index in [1.54, 1.807) is 20.1 Å². The Labute approximate surface area is 149 Å². The van der Waals surface area contributed by atoms with Crippen LogP contribution in [0.3, 0.4) is 0 Å². The van der Waals surface area contributed by atoms with Crippen LogP contribution < -0.4 is 15.4 Å². The van der Waals surface area contributed by atoms with Crippen LogP contribution in [0.5, 0.6) is 5.75 Å². The molecule has 1 fully saturated rings. The fourth-order valence-electron chi connectivity index (χ4n) is 3.11. The zero-order valence-electron chi connectivity index (χ0n) is 15.2. The minimum Gasteiger partial charge on any atom is -0.497 e. The van der Waals surface area contributed by atoms with Crippen LogP contribution in [0.2, 0.25) is 0 Å². The highest BCUT2D eigenvalue weighted by molar-refractivity contribution is 5.95. The Morgan fingerprint density at radius 1 is 1.24 bits per heavy atom. The molecule has 0 spiro atoms. The van der Waals surface area contributed by atoms with Crippen molar-refractivity contribution in [3.8, 4) is 5.75 Å². The molecule has 1 aliphatic rings. The monoisotopic (exact) mass is 344 g/mol. The molecule has 1 aliphatic carbocycles. The average molecular weight is 344 g/mol. The Morgan fingerprint density at radius 3 is 2.60 bits per heavy atom. The van der Waals surface area contributed by atoms with Gasteiger partial charge in [0.15, 0.2) is 0 Å². The second-order valence-electron chi connectivity index (χ2n) is 6.81. The molecule has 3 atom stereocenters. The molecule has 2 rings (SSSR count). The molecular formula is C20H28N2O3. The second-order valence-corrected chi connectivity index (χ2v) is 6.81. The van der Waals surface area contributed by atoms with Gasteiger partial charge in [-0.2, -0.15) is 0 Å². The van der Waals surface area contributed by atoms with E-state index in [0.29, 0.717) is 5.92 Å². The lowest BCUT2D eigenvalue weighted by Gasteiger charge is -2.28. The van der Waals surface area contributed by atoms with Crippen LogP contribution in [0, 0.1) is 5.92 Å². The number of rotatable bonds is 6. The summed E-state index contributed by atoms with van der Waals surface area (Å²) >= 11 is 0. The summed E-state index contributed by atoms with van der Waals surface area (Å²) in [4.78, 5) is 24.2. The third-order valence-electron chi connectivity index (χ3n) is 4.58. The first-order chi connectivity index (χ1) is 12.0. The summed E-state index contributed by atoms with van der Waals surface area (Å²) in [5.74, 6) is 1.01. The number of hydrogen-bond donors (Lipinski definition) is 2. The molecule has 0 aliphatic heterocycles. The van der Waals surface area contributed by atoms with Gasteiger partial charge in [-0.25, -0.2) is 0 Å². The highest BCUT2D eigenvalue weighted by Crippen LogP contribution is 2.23. The predicted molar refractivity (Wildman–Crippen MR) is 99.2 cm³/mol. The average Bonchev–Trinajstić information content (AvgIpc) is 2.60. The molecule has 0 saturated heterocycles. The number of amides is 2. The Hall–Kier alpha value is -2.30. The van der Waals surface area contributed by atoms with Crippen LogP contribution in [0.15, 0.2) is 30.3 Å². The van der Waals surface area contributed by atoms with E-state index in [4.69, 9.17) is 4.74 Å². The Balaban J connectivity index is 1.79. The summed E-state index contributed by atoms with van der Waals surface area (Å²) in [5.41, 5.74) is 0.893. The number of carbonyl (C=O) groups is 2. The van der Waals surface area contributed by atoms with Crippen molar-refractivity contribution in [3.05, 3.63) is 35.9 Å². The van der Waals surface area contributed by atoms with Gasteiger partial charge in [0.1, 0.15) is 11.8 Å². The zero-order valence-corrected chi connectivity index (χ0v) is 15.2. The van der Waals surface area contributed by atoms with Crippen molar-refractivity contribution < 1.29 is 14.3 Å². The number of ether oxygens (including phenoxy) is 1. The molecule has 5 nitrogen and oxygen atoms in total. The fourth-order valence-corrected chi connectivity index (χ4v) is 3.11. The van der Waals surface area contributed by atoms with E-state index in [9.17, 15) is 9.59 Å². The zero-order chi connectivity index (χ0) is 18.2. The van der Waals surface area contributed by atoms with Crippen LogP contribution in [0.4, 0.5) is 0 Å². The molecule has 3 unspecified atom stereocenters. The maximum atomic E-state index is 12.2. The normalized spacial score (nSPS) is 21.6.